The third-order valence-corrected chi connectivity index (χ3v) is 5.03. The summed E-state index contributed by atoms with van der Waals surface area (Å²) in [7, 11) is 0. The summed E-state index contributed by atoms with van der Waals surface area (Å²) in [4.78, 5) is 51.2. The number of nitro groups is 1. The highest BCUT2D eigenvalue weighted by molar-refractivity contribution is 5.97. The van der Waals surface area contributed by atoms with Crippen molar-refractivity contribution in [3.8, 4) is 0 Å². The first-order valence-electron chi connectivity index (χ1n) is 9.30. The van der Waals surface area contributed by atoms with Crippen LogP contribution in [0.25, 0.3) is 11.0 Å². The number of nitrogens with zero attached hydrogens (tertiary/aromatic N) is 3. The molecule has 0 bridgehead atoms. The second-order valence-electron chi connectivity index (χ2n) is 6.88. The standard InChI is InChI=1S/C21H17N3O6/c25-19(14-4-2-1-3-5-14)22-8-10-23(11-9-22)20(26)17-13-15-12-16(24(28)29)6-7-18(15)30-21(17)27/h1-7,12-13H,8-11H2. The molecule has 2 aromatic carbocycles. The van der Waals surface area contributed by atoms with Crippen LogP contribution in [0.2, 0.25) is 0 Å². The Bertz CT molecular complexity index is 1200. The lowest BCUT2D eigenvalue weighted by molar-refractivity contribution is -0.384. The molecule has 0 unspecified atom stereocenters. The zero-order valence-electron chi connectivity index (χ0n) is 15.8. The molecule has 1 fully saturated rings. The Morgan fingerprint density at radius 3 is 2.17 bits per heavy atom. The Hall–Kier alpha value is -4.01. The van der Waals surface area contributed by atoms with Crippen molar-refractivity contribution in [3.05, 3.63) is 86.3 Å². The number of fused-ring (bicyclic) bond motifs is 1. The topological polar surface area (TPSA) is 114 Å². The molecule has 9 nitrogen and oxygen atoms in total. The van der Waals surface area contributed by atoms with E-state index in [1.54, 1.807) is 29.2 Å². The van der Waals surface area contributed by atoms with E-state index in [1.165, 1.54) is 29.2 Å². The number of amides is 2. The number of piperazine rings is 1. The quantitative estimate of drug-likeness (QED) is 0.374. The molecule has 4 rings (SSSR count). The van der Waals surface area contributed by atoms with Crippen molar-refractivity contribution in [1.29, 1.82) is 0 Å². The lowest BCUT2D eigenvalue weighted by Gasteiger charge is -2.34. The predicted molar refractivity (Wildman–Crippen MR) is 107 cm³/mol. The molecule has 152 valence electrons. The Morgan fingerprint density at radius 1 is 0.900 bits per heavy atom. The first-order chi connectivity index (χ1) is 14.4. The van der Waals surface area contributed by atoms with Gasteiger partial charge in [0, 0.05) is 49.3 Å². The van der Waals surface area contributed by atoms with Gasteiger partial charge >= 0.3 is 5.63 Å². The van der Waals surface area contributed by atoms with Crippen molar-refractivity contribution < 1.29 is 18.9 Å². The van der Waals surface area contributed by atoms with Gasteiger partial charge in [-0.15, -0.1) is 0 Å². The van der Waals surface area contributed by atoms with Gasteiger partial charge < -0.3 is 14.2 Å². The van der Waals surface area contributed by atoms with E-state index >= 15 is 0 Å². The zero-order chi connectivity index (χ0) is 21.3. The maximum Gasteiger partial charge on any atom is 0.349 e. The second-order valence-corrected chi connectivity index (χ2v) is 6.88. The van der Waals surface area contributed by atoms with E-state index in [4.69, 9.17) is 4.42 Å². The Balaban J connectivity index is 1.52. The predicted octanol–water partition coefficient (Wildman–Crippen LogP) is 2.30. The maximum absolute atomic E-state index is 12.9. The van der Waals surface area contributed by atoms with Gasteiger partial charge in [0.2, 0.25) is 0 Å². The fraction of sp³-hybridized carbons (Fsp3) is 0.190. The molecule has 1 aliphatic rings. The molecule has 9 heteroatoms. The van der Waals surface area contributed by atoms with Crippen LogP contribution in [0.5, 0.6) is 0 Å². The monoisotopic (exact) mass is 407 g/mol. The van der Waals surface area contributed by atoms with Crippen LogP contribution in [0.3, 0.4) is 0 Å². The lowest BCUT2D eigenvalue weighted by Crippen LogP contribution is -2.51. The van der Waals surface area contributed by atoms with Crippen LogP contribution in [0, 0.1) is 10.1 Å². The van der Waals surface area contributed by atoms with Gasteiger partial charge in [0.1, 0.15) is 11.1 Å². The largest absolute Gasteiger partial charge is 0.422 e. The van der Waals surface area contributed by atoms with Crippen LogP contribution < -0.4 is 5.63 Å². The average Bonchev–Trinajstić information content (AvgIpc) is 2.78. The molecule has 2 amide bonds. The first kappa shape index (κ1) is 19.3. The van der Waals surface area contributed by atoms with Crippen LogP contribution >= 0.6 is 0 Å². The van der Waals surface area contributed by atoms with Gasteiger partial charge in [-0.2, -0.15) is 0 Å². The number of benzene rings is 2. The minimum absolute atomic E-state index is 0.111. The molecule has 1 aliphatic heterocycles. The number of non-ortho nitro benzene ring substituents is 1. The van der Waals surface area contributed by atoms with Crippen LogP contribution in [0.1, 0.15) is 20.7 Å². The summed E-state index contributed by atoms with van der Waals surface area (Å²) in [6.45, 7) is 1.21. The van der Waals surface area contributed by atoms with Crippen LogP contribution in [0.15, 0.2) is 63.8 Å². The van der Waals surface area contributed by atoms with Crippen molar-refractivity contribution in [1.82, 2.24) is 9.80 Å². The molecule has 0 aliphatic carbocycles. The molecule has 0 atom stereocenters. The van der Waals surface area contributed by atoms with E-state index in [1.807, 2.05) is 6.07 Å². The van der Waals surface area contributed by atoms with E-state index in [0.717, 1.165) is 0 Å². The zero-order valence-corrected chi connectivity index (χ0v) is 15.8. The molecule has 0 N–H and O–H groups in total. The molecule has 2 heterocycles. The Morgan fingerprint density at radius 2 is 1.53 bits per heavy atom. The third kappa shape index (κ3) is 3.64. The maximum atomic E-state index is 12.9. The summed E-state index contributed by atoms with van der Waals surface area (Å²) in [5.74, 6) is -0.635. The number of hydrogen-bond acceptors (Lipinski definition) is 6. The minimum atomic E-state index is -0.802. The molecule has 30 heavy (non-hydrogen) atoms. The molecule has 0 saturated carbocycles. The van der Waals surface area contributed by atoms with Gasteiger partial charge in [-0.3, -0.25) is 19.7 Å². The summed E-state index contributed by atoms with van der Waals surface area (Å²) in [6.07, 6.45) is 0. The second kappa shape index (κ2) is 7.78. The molecule has 0 radical (unpaired) electrons. The van der Waals surface area contributed by atoms with E-state index in [-0.39, 0.29) is 35.8 Å². The van der Waals surface area contributed by atoms with Crippen molar-refractivity contribution in [2.24, 2.45) is 0 Å². The fourth-order valence-corrected chi connectivity index (χ4v) is 3.42. The van der Waals surface area contributed by atoms with Gasteiger partial charge in [0.05, 0.1) is 4.92 Å². The highest BCUT2D eigenvalue weighted by Gasteiger charge is 2.27. The summed E-state index contributed by atoms with van der Waals surface area (Å²) in [5, 5.41) is 11.3. The highest BCUT2D eigenvalue weighted by atomic mass is 16.6. The molecule has 1 saturated heterocycles. The van der Waals surface area contributed by atoms with Crippen LogP contribution in [-0.4, -0.2) is 52.7 Å². The van der Waals surface area contributed by atoms with Gasteiger partial charge in [0.25, 0.3) is 17.5 Å². The van der Waals surface area contributed by atoms with E-state index in [0.29, 0.717) is 24.0 Å². The number of hydrogen-bond donors (Lipinski definition) is 0. The van der Waals surface area contributed by atoms with Gasteiger partial charge in [-0.05, 0) is 24.3 Å². The van der Waals surface area contributed by atoms with Crippen molar-refractivity contribution >= 4 is 28.5 Å². The van der Waals surface area contributed by atoms with Crippen molar-refractivity contribution in [3.63, 3.8) is 0 Å². The minimum Gasteiger partial charge on any atom is -0.422 e. The smallest absolute Gasteiger partial charge is 0.349 e. The number of rotatable bonds is 3. The SMILES string of the molecule is O=C(c1ccccc1)N1CCN(C(=O)c2cc3cc([N+](=O)[O-])ccc3oc2=O)CC1. The van der Waals surface area contributed by atoms with Crippen molar-refractivity contribution in [2.75, 3.05) is 26.2 Å². The summed E-state index contributed by atoms with van der Waals surface area (Å²) in [6, 6.07) is 14.0. The number of nitro benzene ring substituents is 1. The summed E-state index contributed by atoms with van der Waals surface area (Å²) in [5.41, 5.74) is -0.410. The lowest BCUT2D eigenvalue weighted by atomic mass is 10.1. The van der Waals surface area contributed by atoms with Gasteiger partial charge in [-0.1, -0.05) is 18.2 Å². The average molecular weight is 407 g/mol. The van der Waals surface area contributed by atoms with Crippen LogP contribution in [0.4, 0.5) is 5.69 Å². The Labute approximate surface area is 170 Å². The molecule has 3 aromatic rings. The van der Waals surface area contributed by atoms with E-state index in [2.05, 4.69) is 0 Å². The van der Waals surface area contributed by atoms with Crippen molar-refractivity contribution in [2.45, 2.75) is 0 Å². The molecule has 1 aromatic heterocycles. The number of carbonyl (C=O) groups excluding carboxylic acids is 2. The van der Waals surface area contributed by atoms with Gasteiger partial charge in [-0.25, -0.2) is 4.79 Å². The molecular weight excluding hydrogens is 390 g/mol. The normalized spacial score (nSPS) is 14.0. The fourth-order valence-electron chi connectivity index (χ4n) is 3.42. The van der Waals surface area contributed by atoms with Crippen LogP contribution in [-0.2, 0) is 0 Å². The first-order valence-corrected chi connectivity index (χ1v) is 9.30. The summed E-state index contributed by atoms with van der Waals surface area (Å²) >= 11 is 0. The third-order valence-electron chi connectivity index (χ3n) is 5.03. The van der Waals surface area contributed by atoms with E-state index < -0.39 is 16.5 Å². The van der Waals surface area contributed by atoms with E-state index in [9.17, 15) is 24.5 Å². The molecular formula is C21H17N3O6. The van der Waals surface area contributed by atoms with Gasteiger partial charge in [0.15, 0.2) is 0 Å². The highest BCUT2D eigenvalue weighted by Crippen LogP contribution is 2.21. The number of carbonyl (C=O) groups is 2. The Kier molecular flexibility index (Phi) is 5.01. The molecule has 0 spiro atoms. The summed E-state index contributed by atoms with van der Waals surface area (Å²) < 4.78 is 5.17.